The molecule has 2 bridgehead atoms. The average molecular weight is 279 g/mol. The van der Waals surface area contributed by atoms with Crippen LogP contribution in [0.15, 0.2) is 0 Å². The second-order valence-corrected chi connectivity index (χ2v) is 6.26. The molecule has 0 spiro atoms. The number of Topliss-reactive ketones (excluding diaryl/α,β-unsaturated/α-hetero) is 2. The van der Waals surface area contributed by atoms with Crippen molar-refractivity contribution in [3.8, 4) is 0 Å². The first-order valence-electron chi connectivity index (χ1n) is 7.41. The zero-order valence-electron chi connectivity index (χ0n) is 12.2. The highest BCUT2D eigenvalue weighted by Gasteiger charge is 2.66. The Labute approximate surface area is 118 Å². The molecule has 3 aliphatic rings. The van der Waals surface area contributed by atoms with Crippen LogP contribution in [0.3, 0.4) is 0 Å². The van der Waals surface area contributed by atoms with E-state index in [9.17, 15) is 14.4 Å². The summed E-state index contributed by atoms with van der Waals surface area (Å²) in [4.78, 5) is 38.8. The molecular formula is C15H21NO4. The predicted molar refractivity (Wildman–Crippen MR) is 70.9 cm³/mol. The lowest BCUT2D eigenvalue weighted by molar-refractivity contribution is -0.151. The highest BCUT2D eigenvalue weighted by molar-refractivity contribution is 5.97. The predicted octanol–water partition coefficient (Wildman–Crippen LogP) is 0.662. The molecule has 0 unspecified atom stereocenters. The molecular weight excluding hydrogens is 258 g/mol. The number of hydrogen-bond donors (Lipinski definition) is 0. The molecule has 2 aliphatic carbocycles. The van der Waals surface area contributed by atoms with Crippen LogP contribution >= 0.6 is 0 Å². The van der Waals surface area contributed by atoms with Crippen molar-refractivity contribution in [3.63, 3.8) is 0 Å². The number of carbonyl (C=O) groups is 3. The molecule has 5 nitrogen and oxygen atoms in total. The second-order valence-electron chi connectivity index (χ2n) is 6.26. The maximum absolute atomic E-state index is 12.5. The van der Waals surface area contributed by atoms with Crippen molar-refractivity contribution in [3.05, 3.63) is 0 Å². The number of rotatable bonds is 3. The van der Waals surface area contributed by atoms with Gasteiger partial charge in [0.05, 0.1) is 6.61 Å². The minimum absolute atomic E-state index is 0.0427. The summed E-state index contributed by atoms with van der Waals surface area (Å²) in [5.74, 6) is -0.829. The lowest BCUT2D eigenvalue weighted by Gasteiger charge is -2.34. The van der Waals surface area contributed by atoms with E-state index in [4.69, 9.17) is 4.74 Å². The Morgan fingerprint density at radius 1 is 1.35 bits per heavy atom. The molecule has 2 saturated carbocycles. The standard InChI is InChI=1S/C15H21NO4/c1-4-20-15(19)13-12-10(7(2)17)8-5-6-9(16(13)3)11(12)14(8)18/h8-13H,4-6H2,1-3H3/t8-,9-,10-,11+,12+,13+/m0/s1. The smallest absolute Gasteiger partial charge is 0.323 e. The summed E-state index contributed by atoms with van der Waals surface area (Å²) in [6, 6.07) is -0.337. The minimum atomic E-state index is -0.437. The summed E-state index contributed by atoms with van der Waals surface area (Å²) in [5, 5.41) is 0. The molecule has 6 atom stereocenters. The van der Waals surface area contributed by atoms with E-state index in [-0.39, 0.29) is 47.2 Å². The fourth-order valence-electron chi connectivity index (χ4n) is 4.84. The third-order valence-electron chi connectivity index (χ3n) is 5.47. The quantitative estimate of drug-likeness (QED) is 0.710. The minimum Gasteiger partial charge on any atom is -0.465 e. The van der Waals surface area contributed by atoms with Crippen LogP contribution in [0.25, 0.3) is 0 Å². The molecule has 20 heavy (non-hydrogen) atoms. The van der Waals surface area contributed by atoms with Gasteiger partial charge >= 0.3 is 5.97 Å². The Kier molecular flexibility index (Phi) is 3.20. The maximum Gasteiger partial charge on any atom is 0.323 e. The molecule has 0 aromatic rings. The highest BCUT2D eigenvalue weighted by atomic mass is 16.5. The van der Waals surface area contributed by atoms with Crippen molar-refractivity contribution in [1.82, 2.24) is 4.90 Å². The van der Waals surface area contributed by atoms with Crippen molar-refractivity contribution in [1.29, 1.82) is 0 Å². The molecule has 3 rings (SSSR count). The summed E-state index contributed by atoms with van der Waals surface area (Å²) in [6.45, 7) is 3.65. The molecule has 0 N–H and O–H groups in total. The molecule has 1 aliphatic heterocycles. The first-order chi connectivity index (χ1) is 9.49. The summed E-state index contributed by atoms with van der Waals surface area (Å²) in [7, 11) is 1.88. The SMILES string of the molecule is CCOC(=O)[C@H]1[C@@H]2[C@@H](C(C)=O)[C@@H]3CC[C@@H]([C@H]2C3=O)N1C. The van der Waals surface area contributed by atoms with E-state index in [0.29, 0.717) is 6.61 Å². The number of ether oxygens (including phenoxy) is 1. The molecule has 5 heteroatoms. The first kappa shape index (κ1) is 13.7. The van der Waals surface area contributed by atoms with Gasteiger partial charge in [-0.2, -0.15) is 0 Å². The highest BCUT2D eigenvalue weighted by Crippen LogP contribution is 2.55. The Morgan fingerprint density at radius 3 is 2.65 bits per heavy atom. The normalized spacial score (nSPS) is 42.9. The molecule has 0 aromatic heterocycles. The summed E-state index contributed by atoms with van der Waals surface area (Å²) in [5.41, 5.74) is 0. The van der Waals surface area contributed by atoms with E-state index in [0.717, 1.165) is 12.8 Å². The molecule has 3 fully saturated rings. The number of likely N-dealkylation sites (tertiary alicyclic amines) is 1. The van der Waals surface area contributed by atoms with Gasteiger partial charge in [-0.3, -0.25) is 19.3 Å². The Morgan fingerprint density at radius 2 is 2.05 bits per heavy atom. The van der Waals surface area contributed by atoms with Crippen LogP contribution in [-0.2, 0) is 19.1 Å². The lowest BCUT2D eigenvalue weighted by atomic mass is 9.80. The van der Waals surface area contributed by atoms with Crippen LogP contribution in [0.2, 0.25) is 0 Å². The largest absolute Gasteiger partial charge is 0.465 e. The van der Waals surface area contributed by atoms with Crippen molar-refractivity contribution in [2.24, 2.45) is 23.7 Å². The van der Waals surface area contributed by atoms with Gasteiger partial charge in [-0.1, -0.05) is 0 Å². The van der Waals surface area contributed by atoms with E-state index in [1.165, 1.54) is 0 Å². The monoisotopic (exact) mass is 279 g/mol. The number of likely N-dealkylation sites (N-methyl/N-ethyl adjacent to an activating group) is 1. The van der Waals surface area contributed by atoms with Gasteiger partial charge in [-0.25, -0.2) is 0 Å². The van der Waals surface area contributed by atoms with Gasteiger partial charge in [-0.15, -0.1) is 0 Å². The van der Waals surface area contributed by atoms with Gasteiger partial charge < -0.3 is 4.74 Å². The number of carbonyl (C=O) groups excluding carboxylic acids is 3. The van der Waals surface area contributed by atoms with Crippen molar-refractivity contribution in [2.75, 3.05) is 13.7 Å². The van der Waals surface area contributed by atoms with Gasteiger partial charge in [0, 0.05) is 29.7 Å². The van der Waals surface area contributed by atoms with Crippen LogP contribution < -0.4 is 0 Å². The van der Waals surface area contributed by atoms with Crippen molar-refractivity contribution >= 4 is 17.5 Å². The van der Waals surface area contributed by atoms with Crippen molar-refractivity contribution < 1.29 is 19.1 Å². The number of nitrogens with zero attached hydrogens (tertiary/aromatic N) is 1. The van der Waals surface area contributed by atoms with Crippen molar-refractivity contribution in [2.45, 2.75) is 38.8 Å². The lowest BCUT2D eigenvalue weighted by Crippen LogP contribution is -2.47. The zero-order valence-corrected chi connectivity index (χ0v) is 12.2. The molecule has 0 radical (unpaired) electrons. The van der Waals surface area contributed by atoms with Crippen LogP contribution in [0.1, 0.15) is 26.7 Å². The Bertz CT molecular complexity index is 474. The van der Waals surface area contributed by atoms with Gasteiger partial charge in [0.15, 0.2) is 0 Å². The third-order valence-corrected chi connectivity index (χ3v) is 5.47. The average Bonchev–Trinajstić information content (AvgIpc) is 2.74. The van der Waals surface area contributed by atoms with Crippen LogP contribution in [0.4, 0.5) is 0 Å². The molecule has 1 saturated heterocycles. The van der Waals surface area contributed by atoms with Gasteiger partial charge in [-0.05, 0) is 33.7 Å². The summed E-state index contributed by atoms with van der Waals surface area (Å²) in [6.07, 6.45) is 1.67. The molecule has 110 valence electrons. The fourth-order valence-corrected chi connectivity index (χ4v) is 4.84. The number of hydrogen-bond acceptors (Lipinski definition) is 5. The third kappa shape index (κ3) is 1.62. The van der Waals surface area contributed by atoms with E-state index in [1.54, 1.807) is 13.8 Å². The van der Waals surface area contributed by atoms with Crippen LogP contribution in [-0.4, -0.2) is 48.2 Å². The second kappa shape index (κ2) is 4.65. The zero-order chi connectivity index (χ0) is 14.6. The van der Waals surface area contributed by atoms with Crippen LogP contribution in [0.5, 0.6) is 0 Å². The van der Waals surface area contributed by atoms with Crippen LogP contribution in [0, 0.1) is 23.7 Å². The van der Waals surface area contributed by atoms with Gasteiger partial charge in [0.2, 0.25) is 0 Å². The first-order valence-corrected chi connectivity index (χ1v) is 7.41. The molecule has 0 aromatic carbocycles. The van der Waals surface area contributed by atoms with E-state index in [1.807, 2.05) is 11.9 Å². The summed E-state index contributed by atoms with van der Waals surface area (Å²) >= 11 is 0. The molecule has 0 amide bonds. The fraction of sp³-hybridized carbons (Fsp3) is 0.800. The van der Waals surface area contributed by atoms with E-state index in [2.05, 4.69) is 0 Å². The van der Waals surface area contributed by atoms with Gasteiger partial charge in [0.1, 0.15) is 17.6 Å². The number of ketones is 2. The maximum atomic E-state index is 12.5. The topological polar surface area (TPSA) is 63.7 Å². The molecule has 1 heterocycles. The number of esters is 1. The van der Waals surface area contributed by atoms with Gasteiger partial charge in [0.25, 0.3) is 0 Å². The van der Waals surface area contributed by atoms with E-state index >= 15 is 0 Å². The Hall–Kier alpha value is -1.23. The Balaban J connectivity index is 2.01. The van der Waals surface area contributed by atoms with E-state index < -0.39 is 6.04 Å². The summed E-state index contributed by atoms with van der Waals surface area (Å²) < 4.78 is 5.17. The number of fused-ring (bicyclic) bond motifs is 1.